The Kier molecular flexibility index (Phi) is 5.57. The minimum atomic E-state index is -4.03. The van der Waals surface area contributed by atoms with Crippen LogP contribution in [0.3, 0.4) is 0 Å². The molecule has 0 spiro atoms. The molecule has 4 heterocycles. The van der Waals surface area contributed by atoms with Gasteiger partial charge in [-0.1, -0.05) is 23.5 Å². The van der Waals surface area contributed by atoms with Crippen LogP contribution in [0.5, 0.6) is 0 Å². The van der Waals surface area contributed by atoms with Crippen LogP contribution in [0, 0.1) is 11.3 Å². The van der Waals surface area contributed by atoms with Crippen molar-refractivity contribution in [3.05, 3.63) is 41.3 Å². The number of fused-ring (bicyclic) bond motifs is 3. The van der Waals surface area contributed by atoms with E-state index >= 15 is 0 Å². The molecule has 1 N–H and O–H groups in total. The van der Waals surface area contributed by atoms with Gasteiger partial charge in [-0.05, 0) is 44.0 Å². The van der Waals surface area contributed by atoms with Crippen LogP contribution in [-0.2, 0) is 10.0 Å². The highest BCUT2D eigenvalue weighted by atomic mass is 32.2. The van der Waals surface area contributed by atoms with Gasteiger partial charge in [-0.15, -0.1) is 10.2 Å². The van der Waals surface area contributed by atoms with Gasteiger partial charge in [-0.2, -0.15) is 9.98 Å². The lowest BCUT2D eigenvalue weighted by atomic mass is 10.0. The standard InChI is InChI=1S/C23H20F2N8O2S2/c1-32-8-4-13(5-9-32)18-17-15-3-2-14(37(34,35)31-23(11-26)6-7-23)10-16(15)33(20(17)28-12-27-18)22-30-29-21(36-22)19(24)25/h2-4,10,12,19,31H,5-9H2,1H3. The van der Waals surface area contributed by atoms with Gasteiger partial charge in [-0.3, -0.25) is 4.57 Å². The Hall–Kier alpha value is -3.38. The molecule has 37 heavy (non-hydrogen) atoms. The average molecular weight is 543 g/mol. The molecule has 14 heteroatoms. The van der Waals surface area contributed by atoms with Gasteiger partial charge < -0.3 is 4.90 Å². The minimum absolute atomic E-state index is 0.0582. The summed E-state index contributed by atoms with van der Waals surface area (Å²) in [5.74, 6) is 0. The molecule has 1 saturated carbocycles. The fraction of sp³-hybridized carbons (Fsp3) is 0.348. The van der Waals surface area contributed by atoms with Crippen LogP contribution < -0.4 is 4.72 Å². The zero-order chi connectivity index (χ0) is 25.9. The number of alkyl halides is 2. The van der Waals surface area contributed by atoms with Crippen LogP contribution in [0.25, 0.3) is 32.6 Å². The van der Waals surface area contributed by atoms with Gasteiger partial charge in [0.25, 0.3) is 6.43 Å². The number of hydrogen-bond donors (Lipinski definition) is 1. The average Bonchev–Trinajstić information content (AvgIpc) is 3.32. The Morgan fingerprint density at radius 3 is 2.70 bits per heavy atom. The molecule has 1 fully saturated rings. The summed E-state index contributed by atoms with van der Waals surface area (Å²) in [6.45, 7) is 1.60. The fourth-order valence-electron chi connectivity index (χ4n) is 4.49. The van der Waals surface area contributed by atoms with Crippen molar-refractivity contribution in [3.8, 4) is 11.2 Å². The molecule has 3 aromatic heterocycles. The summed E-state index contributed by atoms with van der Waals surface area (Å²) in [6, 6.07) is 6.59. The number of rotatable bonds is 6. The fourth-order valence-corrected chi connectivity index (χ4v) is 6.60. The molecule has 4 aromatic rings. The van der Waals surface area contributed by atoms with Crippen LogP contribution in [-0.4, -0.2) is 63.7 Å². The Morgan fingerprint density at radius 1 is 1.24 bits per heavy atom. The van der Waals surface area contributed by atoms with Crippen LogP contribution in [0.15, 0.2) is 35.5 Å². The number of hydrogen-bond acceptors (Lipinski definition) is 9. The molecular formula is C23H20F2N8O2S2. The number of benzene rings is 1. The molecular weight excluding hydrogens is 522 g/mol. The maximum absolute atomic E-state index is 13.4. The van der Waals surface area contributed by atoms with Gasteiger partial charge in [0.05, 0.1) is 27.6 Å². The Morgan fingerprint density at radius 2 is 2.05 bits per heavy atom. The number of aromatic nitrogens is 5. The predicted octanol–water partition coefficient (Wildman–Crippen LogP) is 3.42. The lowest BCUT2D eigenvalue weighted by molar-refractivity contribution is 0.150. The van der Waals surface area contributed by atoms with Crippen molar-refractivity contribution >= 4 is 48.9 Å². The summed E-state index contributed by atoms with van der Waals surface area (Å²) in [5.41, 5.74) is 1.46. The van der Waals surface area contributed by atoms with Crippen molar-refractivity contribution in [3.63, 3.8) is 0 Å². The number of sulfonamides is 1. The number of nitrogens with zero attached hydrogens (tertiary/aromatic N) is 7. The molecule has 6 rings (SSSR count). The number of nitrogens with one attached hydrogen (secondary N) is 1. The van der Waals surface area contributed by atoms with E-state index in [1.54, 1.807) is 10.6 Å². The molecule has 0 amide bonds. The first-order valence-corrected chi connectivity index (χ1v) is 13.8. The molecule has 0 atom stereocenters. The second-order valence-electron chi connectivity index (χ2n) is 9.20. The summed E-state index contributed by atoms with van der Waals surface area (Å²) < 4.78 is 57.1. The van der Waals surface area contributed by atoms with E-state index in [0.29, 0.717) is 51.8 Å². The molecule has 1 aliphatic carbocycles. The SMILES string of the molecule is CN1CC=C(c2ncnc3c2c2ccc(S(=O)(=O)NC4(C#N)CC4)cc2n3-c2nnc(C(F)F)s2)CC1. The second kappa shape index (κ2) is 8.59. The van der Waals surface area contributed by atoms with E-state index in [-0.39, 0.29) is 10.0 Å². The third-order valence-electron chi connectivity index (χ3n) is 6.65. The first kappa shape index (κ1) is 24.0. The van der Waals surface area contributed by atoms with E-state index < -0.39 is 27.0 Å². The third-order valence-corrected chi connectivity index (χ3v) is 9.10. The van der Waals surface area contributed by atoms with Gasteiger partial charge in [0.1, 0.15) is 11.9 Å². The molecule has 190 valence electrons. The molecule has 0 saturated heterocycles. The first-order chi connectivity index (χ1) is 17.7. The van der Waals surface area contributed by atoms with Gasteiger partial charge in [0.15, 0.2) is 10.7 Å². The lowest BCUT2D eigenvalue weighted by Crippen LogP contribution is -2.35. The second-order valence-corrected chi connectivity index (χ2v) is 11.9. The lowest BCUT2D eigenvalue weighted by Gasteiger charge is -2.21. The highest BCUT2D eigenvalue weighted by molar-refractivity contribution is 7.89. The summed E-state index contributed by atoms with van der Waals surface area (Å²) >= 11 is 0.708. The van der Waals surface area contributed by atoms with Crippen molar-refractivity contribution in [1.29, 1.82) is 5.26 Å². The van der Waals surface area contributed by atoms with Crippen LogP contribution in [0.4, 0.5) is 8.78 Å². The van der Waals surface area contributed by atoms with Gasteiger partial charge in [0.2, 0.25) is 15.2 Å². The van der Waals surface area contributed by atoms with Crippen molar-refractivity contribution in [2.24, 2.45) is 0 Å². The third kappa shape index (κ3) is 4.08. The van der Waals surface area contributed by atoms with Gasteiger partial charge >= 0.3 is 0 Å². The van der Waals surface area contributed by atoms with Crippen LogP contribution >= 0.6 is 11.3 Å². The zero-order valence-corrected chi connectivity index (χ0v) is 21.2. The molecule has 0 radical (unpaired) electrons. The van der Waals surface area contributed by atoms with Crippen molar-refractivity contribution in [1.82, 2.24) is 34.4 Å². The van der Waals surface area contributed by atoms with E-state index in [1.807, 2.05) is 13.1 Å². The summed E-state index contributed by atoms with van der Waals surface area (Å²) in [5, 5.41) is 18.0. The minimum Gasteiger partial charge on any atom is -0.302 e. The maximum Gasteiger partial charge on any atom is 0.291 e. The van der Waals surface area contributed by atoms with E-state index in [0.717, 1.165) is 25.1 Å². The number of halogens is 2. The number of nitriles is 1. The smallest absolute Gasteiger partial charge is 0.291 e. The quantitative estimate of drug-likeness (QED) is 0.392. The monoisotopic (exact) mass is 542 g/mol. The Balaban J connectivity index is 1.60. The molecule has 1 aromatic carbocycles. The van der Waals surface area contributed by atoms with Crippen molar-refractivity contribution < 1.29 is 17.2 Å². The van der Waals surface area contributed by atoms with Crippen molar-refractivity contribution in [2.75, 3.05) is 20.1 Å². The van der Waals surface area contributed by atoms with E-state index in [2.05, 4.69) is 35.9 Å². The molecule has 2 aliphatic rings. The summed E-state index contributed by atoms with van der Waals surface area (Å²) in [6.07, 6.45) is 2.34. The maximum atomic E-state index is 13.4. The van der Waals surface area contributed by atoms with Crippen LogP contribution in [0.2, 0.25) is 0 Å². The topological polar surface area (TPSA) is 130 Å². The normalized spacial score (nSPS) is 17.9. The predicted molar refractivity (Wildman–Crippen MR) is 133 cm³/mol. The summed E-state index contributed by atoms with van der Waals surface area (Å²) in [4.78, 5) is 11.1. The highest BCUT2D eigenvalue weighted by Crippen LogP contribution is 2.39. The number of likely N-dealkylation sites (N-methyl/N-ethyl adjacent to an activating group) is 1. The molecule has 0 unspecified atom stereocenters. The van der Waals surface area contributed by atoms with E-state index in [4.69, 9.17) is 0 Å². The van der Waals surface area contributed by atoms with Gasteiger partial charge in [0, 0.05) is 18.5 Å². The Bertz CT molecular complexity index is 1730. The molecule has 10 nitrogen and oxygen atoms in total. The van der Waals surface area contributed by atoms with Crippen LogP contribution in [0.1, 0.15) is 36.4 Å². The largest absolute Gasteiger partial charge is 0.302 e. The molecule has 1 aliphatic heterocycles. The van der Waals surface area contributed by atoms with Gasteiger partial charge in [-0.25, -0.2) is 27.2 Å². The van der Waals surface area contributed by atoms with Crippen molar-refractivity contribution in [2.45, 2.75) is 36.1 Å². The Labute approximate surface area is 214 Å². The zero-order valence-electron chi connectivity index (χ0n) is 19.5. The molecule has 0 bridgehead atoms. The summed E-state index contributed by atoms with van der Waals surface area (Å²) in [7, 11) is -2.01. The first-order valence-electron chi connectivity index (χ1n) is 11.5. The van der Waals surface area contributed by atoms with E-state index in [9.17, 15) is 22.5 Å². The van der Waals surface area contributed by atoms with E-state index in [1.165, 1.54) is 18.5 Å². The highest BCUT2D eigenvalue weighted by Gasteiger charge is 2.46.